The Morgan fingerprint density at radius 2 is 1.65 bits per heavy atom. The largest absolute Gasteiger partial charge is 0.419 e. The van der Waals surface area contributed by atoms with Crippen LogP contribution in [0.5, 0.6) is 0 Å². The summed E-state index contributed by atoms with van der Waals surface area (Å²) >= 11 is 0. The van der Waals surface area contributed by atoms with Crippen molar-refractivity contribution in [3.63, 3.8) is 0 Å². The van der Waals surface area contributed by atoms with E-state index >= 15 is 0 Å². The van der Waals surface area contributed by atoms with E-state index in [1.54, 1.807) is 0 Å². The van der Waals surface area contributed by atoms with Crippen molar-refractivity contribution >= 4 is 20.9 Å². The van der Waals surface area contributed by atoms with Gasteiger partial charge in [0.25, 0.3) is 0 Å². The predicted octanol–water partition coefficient (Wildman–Crippen LogP) is 1.73. The molecule has 0 unspecified atom stereocenters. The summed E-state index contributed by atoms with van der Waals surface area (Å²) in [5.74, 6) is 1.01. The van der Waals surface area contributed by atoms with Crippen molar-refractivity contribution in [1.29, 1.82) is 0 Å². The second-order valence-corrected chi connectivity index (χ2v) is 10.00. The van der Waals surface area contributed by atoms with E-state index in [9.17, 15) is 18.0 Å². The van der Waals surface area contributed by atoms with Crippen molar-refractivity contribution in [2.45, 2.75) is 49.0 Å². The highest BCUT2D eigenvalue weighted by Crippen LogP contribution is 2.55. The van der Waals surface area contributed by atoms with Crippen LogP contribution in [-0.2, 0) is 10.0 Å². The Balaban J connectivity index is 1.52. The molecule has 0 amide bonds. The van der Waals surface area contributed by atoms with Crippen LogP contribution in [0, 0.1) is 17.8 Å². The van der Waals surface area contributed by atoms with Crippen LogP contribution in [0.3, 0.4) is 0 Å². The number of benzene rings is 1. The number of aromatic nitrogens is 1. The first-order valence-corrected chi connectivity index (χ1v) is 10.5. The molecule has 1 aromatic carbocycles. The van der Waals surface area contributed by atoms with Crippen molar-refractivity contribution in [2.24, 2.45) is 17.8 Å². The molecule has 8 heteroatoms. The van der Waals surface area contributed by atoms with Crippen molar-refractivity contribution < 1.29 is 12.8 Å². The fourth-order valence-electron chi connectivity index (χ4n) is 5.82. The van der Waals surface area contributed by atoms with Crippen molar-refractivity contribution in [3.05, 3.63) is 39.2 Å². The van der Waals surface area contributed by atoms with Gasteiger partial charge in [-0.05, 0) is 74.5 Å². The van der Waals surface area contributed by atoms with Gasteiger partial charge in [0.05, 0.1) is 15.8 Å². The molecule has 7 nitrogen and oxygen atoms in total. The summed E-state index contributed by atoms with van der Waals surface area (Å²) in [5, 5.41) is 0.0537. The standard InChI is InChI=1S/C18H20N2O5S/c21-16-14-6-13(1-2-15(14)19-17(22)25-16)26(23,24)20-18-7-10-3-11(8-18)5-12(4-10)9-18/h1-2,6,10-12,20H,3-5,7-9H2,(H,19,22). The maximum Gasteiger partial charge on any atom is 0.419 e. The number of rotatable bonds is 3. The van der Waals surface area contributed by atoms with Gasteiger partial charge in [-0.2, -0.15) is 0 Å². The van der Waals surface area contributed by atoms with E-state index in [0.29, 0.717) is 17.8 Å². The number of hydrogen-bond acceptors (Lipinski definition) is 5. The summed E-state index contributed by atoms with van der Waals surface area (Å²) in [4.78, 5) is 25.6. The molecule has 1 heterocycles. The van der Waals surface area contributed by atoms with Gasteiger partial charge in [-0.15, -0.1) is 0 Å². The van der Waals surface area contributed by atoms with E-state index < -0.39 is 21.4 Å². The third kappa shape index (κ3) is 2.54. The minimum Gasteiger partial charge on any atom is -0.372 e. The van der Waals surface area contributed by atoms with Gasteiger partial charge in [0.15, 0.2) is 0 Å². The highest BCUT2D eigenvalue weighted by atomic mass is 32.2. The van der Waals surface area contributed by atoms with Crippen molar-refractivity contribution in [2.75, 3.05) is 0 Å². The molecule has 138 valence electrons. The van der Waals surface area contributed by atoms with Crippen LogP contribution in [-0.4, -0.2) is 18.9 Å². The lowest BCUT2D eigenvalue weighted by molar-refractivity contribution is -0.00810. The second-order valence-electron chi connectivity index (χ2n) is 8.31. The number of nitrogens with one attached hydrogen (secondary N) is 2. The van der Waals surface area contributed by atoms with Crippen LogP contribution in [0.2, 0.25) is 0 Å². The Hall–Kier alpha value is -1.93. The number of aromatic amines is 1. The molecule has 4 aliphatic carbocycles. The lowest BCUT2D eigenvalue weighted by Gasteiger charge is -2.56. The molecule has 0 aliphatic heterocycles. The summed E-state index contributed by atoms with van der Waals surface area (Å²) in [6, 6.07) is 4.13. The lowest BCUT2D eigenvalue weighted by Crippen LogP contribution is -2.59. The lowest BCUT2D eigenvalue weighted by atomic mass is 9.53. The fourth-order valence-corrected chi connectivity index (χ4v) is 7.28. The summed E-state index contributed by atoms with van der Waals surface area (Å²) in [6.45, 7) is 0. The van der Waals surface area contributed by atoms with Gasteiger partial charge in [0, 0.05) is 5.54 Å². The first-order chi connectivity index (χ1) is 12.3. The summed E-state index contributed by atoms with van der Waals surface area (Å²) in [5.41, 5.74) is -0.923. The third-order valence-corrected chi connectivity index (χ3v) is 7.91. The third-order valence-electron chi connectivity index (χ3n) is 6.33. The Morgan fingerprint density at radius 1 is 1.04 bits per heavy atom. The minimum atomic E-state index is -3.76. The number of sulfonamides is 1. The zero-order chi connectivity index (χ0) is 18.1. The van der Waals surface area contributed by atoms with Crippen LogP contribution in [0.15, 0.2) is 37.1 Å². The highest BCUT2D eigenvalue weighted by molar-refractivity contribution is 7.89. The van der Waals surface area contributed by atoms with E-state index in [4.69, 9.17) is 0 Å². The molecule has 4 bridgehead atoms. The summed E-state index contributed by atoms with van der Waals surface area (Å²) in [6.07, 6.45) is 6.39. The quantitative estimate of drug-likeness (QED) is 0.848. The van der Waals surface area contributed by atoms with E-state index in [1.165, 1.54) is 37.5 Å². The molecule has 4 aliphatic rings. The zero-order valence-electron chi connectivity index (χ0n) is 14.2. The van der Waals surface area contributed by atoms with Gasteiger partial charge in [0.2, 0.25) is 10.0 Å². The van der Waals surface area contributed by atoms with E-state index in [2.05, 4.69) is 14.1 Å². The van der Waals surface area contributed by atoms with Crippen LogP contribution in [0.25, 0.3) is 10.9 Å². The summed E-state index contributed by atoms with van der Waals surface area (Å²) < 4.78 is 33.5. The smallest absolute Gasteiger partial charge is 0.372 e. The maximum atomic E-state index is 13.0. The molecule has 4 saturated carbocycles. The molecule has 0 atom stereocenters. The van der Waals surface area contributed by atoms with Crippen molar-refractivity contribution in [1.82, 2.24) is 9.71 Å². The average molecular weight is 376 g/mol. The minimum absolute atomic E-state index is 0.0279. The molecular formula is C18H20N2O5S. The molecule has 1 aromatic heterocycles. The van der Waals surface area contributed by atoms with Gasteiger partial charge in [-0.25, -0.2) is 22.7 Å². The average Bonchev–Trinajstić information content (AvgIpc) is 2.51. The Bertz CT molecular complexity index is 1080. The number of hydrogen-bond donors (Lipinski definition) is 2. The predicted molar refractivity (Wildman–Crippen MR) is 94.3 cm³/mol. The Kier molecular flexibility index (Phi) is 3.31. The van der Waals surface area contributed by atoms with Crippen LogP contribution in [0.4, 0.5) is 0 Å². The molecule has 2 N–H and O–H groups in total. The van der Waals surface area contributed by atoms with Gasteiger partial charge in [0.1, 0.15) is 0 Å². The number of H-pyrrole nitrogens is 1. The van der Waals surface area contributed by atoms with E-state index in [-0.39, 0.29) is 21.3 Å². The van der Waals surface area contributed by atoms with Gasteiger partial charge >= 0.3 is 11.4 Å². The molecular weight excluding hydrogens is 356 g/mol. The molecule has 0 radical (unpaired) electrons. The van der Waals surface area contributed by atoms with Crippen LogP contribution < -0.4 is 16.1 Å². The Morgan fingerprint density at radius 3 is 2.27 bits per heavy atom. The monoisotopic (exact) mass is 376 g/mol. The molecule has 0 spiro atoms. The van der Waals surface area contributed by atoms with Crippen LogP contribution in [0.1, 0.15) is 38.5 Å². The first kappa shape index (κ1) is 16.3. The highest BCUT2D eigenvalue weighted by Gasteiger charge is 2.52. The van der Waals surface area contributed by atoms with Crippen molar-refractivity contribution in [3.8, 4) is 0 Å². The summed E-state index contributed by atoms with van der Waals surface area (Å²) in [7, 11) is -3.76. The maximum absolute atomic E-state index is 13.0. The second kappa shape index (κ2) is 5.29. The van der Waals surface area contributed by atoms with Crippen LogP contribution >= 0.6 is 0 Å². The number of fused-ring (bicyclic) bond motifs is 1. The fraction of sp³-hybridized carbons (Fsp3) is 0.556. The Labute approximate surface area is 149 Å². The molecule has 0 saturated heterocycles. The first-order valence-electron chi connectivity index (χ1n) is 9.03. The SMILES string of the molecule is O=c1[nH]c2ccc(S(=O)(=O)NC34CC5CC(CC(C5)C3)C4)cc2c(=O)o1. The van der Waals surface area contributed by atoms with Gasteiger partial charge in [-0.1, -0.05) is 0 Å². The molecule has 6 rings (SSSR count). The van der Waals surface area contributed by atoms with E-state index in [1.807, 2.05) is 0 Å². The molecule has 4 fully saturated rings. The normalized spacial score (nSPS) is 33.0. The molecule has 2 aromatic rings. The van der Waals surface area contributed by atoms with Gasteiger partial charge in [-0.3, -0.25) is 4.98 Å². The van der Waals surface area contributed by atoms with Gasteiger partial charge < -0.3 is 4.42 Å². The zero-order valence-corrected chi connectivity index (χ0v) is 15.0. The molecule has 26 heavy (non-hydrogen) atoms. The topological polar surface area (TPSA) is 109 Å². The van der Waals surface area contributed by atoms with E-state index in [0.717, 1.165) is 19.3 Å².